The molecule has 17 heavy (non-hydrogen) atoms. The van der Waals surface area contributed by atoms with Crippen molar-refractivity contribution in [3.05, 3.63) is 17.8 Å². The van der Waals surface area contributed by atoms with Crippen LogP contribution in [0.4, 0.5) is 5.82 Å². The number of hydrogen-bond acceptors (Lipinski definition) is 6. The summed E-state index contributed by atoms with van der Waals surface area (Å²) in [5.74, 6) is -0.707. The number of carboxylic acid groups (broad SMARTS) is 1. The van der Waals surface area contributed by atoms with Gasteiger partial charge in [-0.3, -0.25) is 0 Å². The summed E-state index contributed by atoms with van der Waals surface area (Å²) in [7, 11) is 2.06. The molecule has 2 N–H and O–H groups in total. The molecule has 0 saturated carbocycles. The van der Waals surface area contributed by atoms with Crippen LogP contribution in [-0.4, -0.2) is 64.4 Å². The first-order valence-corrected chi connectivity index (χ1v) is 5.42. The number of hydrazine groups is 1. The van der Waals surface area contributed by atoms with Crippen LogP contribution in [0.25, 0.3) is 0 Å². The SMILES string of the molecule is CN1CCN(Nc2nnccc2C(=O)O)CC1. The van der Waals surface area contributed by atoms with Crippen LogP contribution in [0.5, 0.6) is 0 Å². The summed E-state index contributed by atoms with van der Waals surface area (Å²) >= 11 is 0. The Morgan fingerprint density at radius 2 is 2.12 bits per heavy atom. The van der Waals surface area contributed by atoms with Gasteiger partial charge in [-0.1, -0.05) is 0 Å². The van der Waals surface area contributed by atoms with Gasteiger partial charge in [0.2, 0.25) is 0 Å². The quantitative estimate of drug-likeness (QED) is 0.750. The third-order valence-electron chi connectivity index (χ3n) is 2.72. The zero-order valence-electron chi connectivity index (χ0n) is 9.63. The smallest absolute Gasteiger partial charge is 0.339 e. The molecule has 0 atom stereocenters. The zero-order valence-corrected chi connectivity index (χ0v) is 9.63. The molecule has 7 heteroatoms. The van der Waals surface area contributed by atoms with Gasteiger partial charge in [0.05, 0.1) is 6.20 Å². The molecule has 0 bridgehead atoms. The van der Waals surface area contributed by atoms with Gasteiger partial charge in [0.25, 0.3) is 0 Å². The van der Waals surface area contributed by atoms with Crippen molar-refractivity contribution in [3.8, 4) is 0 Å². The van der Waals surface area contributed by atoms with Crippen LogP contribution in [0.1, 0.15) is 10.4 Å². The highest BCUT2D eigenvalue weighted by atomic mass is 16.4. The molecule has 1 aliphatic rings. The van der Waals surface area contributed by atoms with Crippen LogP contribution >= 0.6 is 0 Å². The second kappa shape index (κ2) is 5.07. The predicted molar refractivity (Wildman–Crippen MR) is 61.7 cm³/mol. The van der Waals surface area contributed by atoms with Crippen LogP contribution in [-0.2, 0) is 0 Å². The molecule has 1 aromatic heterocycles. The molecular weight excluding hydrogens is 222 g/mol. The third-order valence-corrected chi connectivity index (χ3v) is 2.72. The molecule has 1 saturated heterocycles. The standard InChI is InChI=1S/C10H15N5O2/c1-14-4-6-15(7-5-14)13-9-8(10(16)17)2-3-11-12-9/h2-3H,4-7H2,1H3,(H,12,13)(H,16,17). The second-order valence-corrected chi connectivity index (χ2v) is 4.00. The Labute approximate surface area is 99.0 Å². The highest BCUT2D eigenvalue weighted by Gasteiger charge is 2.17. The average Bonchev–Trinajstić information content (AvgIpc) is 2.32. The molecule has 0 aromatic carbocycles. The lowest BCUT2D eigenvalue weighted by Gasteiger charge is -2.32. The molecule has 1 aliphatic heterocycles. The van der Waals surface area contributed by atoms with Crippen LogP contribution in [0.2, 0.25) is 0 Å². The highest BCUT2D eigenvalue weighted by Crippen LogP contribution is 2.11. The summed E-state index contributed by atoms with van der Waals surface area (Å²) in [6.45, 7) is 3.53. The van der Waals surface area contributed by atoms with E-state index in [1.165, 1.54) is 12.3 Å². The van der Waals surface area contributed by atoms with Crippen molar-refractivity contribution in [2.45, 2.75) is 0 Å². The minimum absolute atomic E-state index is 0.138. The second-order valence-electron chi connectivity index (χ2n) is 4.00. The molecule has 0 amide bonds. The van der Waals surface area contributed by atoms with Crippen molar-refractivity contribution in [1.82, 2.24) is 20.1 Å². The van der Waals surface area contributed by atoms with Crippen LogP contribution in [0.3, 0.4) is 0 Å². The van der Waals surface area contributed by atoms with E-state index in [0.29, 0.717) is 5.82 Å². The number of nitrogens with zero attached hydrogens (tertiary/aromatic N) is 4. The van der Waals surface area contributed by atoms with Crippen molar-refractivity contribution < 1.29 is 9.90 Å². The number of likely N-dealkylation sites (N-methyl/N-ethyl adjacent to an activating group) is 1. The molecule has 7 nitrogen and oxygen atoms in total. The van der Waals surface area contributed by atoms with Gasteiger partial charge in [-0.2, -0.15) is 5.10 Å². The largest absolute Gasteiger partial charge is 0.478 e. The number of piperazine rings is 1. The summed E-state index contributed by atoms with van der Waals surface area (Å²) in [6, 6.07) is 1.44. The van der Waals surface area contributed by atoms with Gasteiger partial charge in [-0.15, -0.1) is 5.10 Å². The highest BCUT2D eigenvalue weighted by molar-refractivity contribution is 5.92. The summed E-state index contributed by atoms with van der Waals surface area (Å²) in [5.41, 5.74) is 3.14. The van der Waals surface area contributed by atoms with E-state index in [9.17, 15) is 4.79 Å². The summed E-state index contributed by atoms with van der Waals surface area (Å²) in [6.07, 6.45) is 1.37. The summed E-state index contributed by atoms with van der Waals surface area (Å²) in [4.78, 5) is 13.2. The molecule has 92 valence electrons. The number of aromatic nitrogens is 2. The molecule has 0 aliphatic carbocycles. The Balaban J connectivity index is 2.05. The fourth-order valence-electron chi connectivity index (χ4n) is 1.65. The van der Waals surface area contributed by atoms with Gasteiger partial charge in [-0.05, 0) is 13.1 Å². The van der Waals surface area contributed by atoms with E-state index >= 15 is 0 Å². The van der Waals surface area contributed by atoms with E-state index in [2.05, 4.69) is 27.6 Å². The first-order valence-electron chi connectivity index (χ1n) is 5.42. The fraction of sp³-hybridized carbons (Fsp3) is 0.500. The topological polar surface area (TPSA) is 81.6 Å². The monoisotopic (exact) mass is 237 g/mol. The van der Waals surface area contributed by atoms with Gasteiger partial charge < -0.3 is 15.4 Å². The lowest BCUT2D eigenvalue weighted by molar-refractivity contribution is 0.0696. The number of carboxylic acids is 1. The third kappa shape index (κ3) is 2.89. The molecule has 0 unspecified atom stereocenters. The molecule has 0 spiro atoms. The fourth-order valence-corrected chi connectivity index (χ4v) is 1.65. The minimum Gasteiger partial charge on any atom is -0.478 e. The van der Waals surface area contributed by atoms with E-state index in [-0.39, 0.29) is 5.56 Å². The number of carbonyl (C=O) groups is 1. The number of nitrogens with one attached hydrogen (secondary N) is 1. The summed E-state index contributed by atoms with van der Waals surface area (Å²) < 4.78 is 0. The van der Waals surface area contributed by atoms with Gasteiger partial charge in [-0.25, -0.2) is 9.80 Å². The number of anilines is 1. The van der Waals surface area contributed by atoms with Gasteiger partial charge in [0, 0.05) is 26.2 Å². The molecule has 1 fully saturated rings. The Hall–Kier alpha value is -1.73. The zero-order chi connectivity index (χ0) is 12.3. The number of rotatable bonds is 3. The maximum atomic E-state index is 11.0. The molecule has 0 radical (unpaired) electrons. The minimum atomic E-state index is -1.00. The van der Waals surface area contributed by atoms with Crippen molar-refractivity contribution in [1.29, 1.82) is 0 Å². The Kier molecular flexibility index (Phi) is 3.50. The van der Waals surface area contributed by atoms with Crippen molar-refractivity contribution >= 4 is 11.8 Å². The predicted octanol–water partition coefficient (Wildman–Crippen LogP) is -0.251. The lowest BCUT2D eigenvalue weighted by atomic mass is 10.3. The molecule has 2 heterocycles. The Bertz CT molecular complexity index is 403. The van der Waals surface area contributed by atoms with E-state index < -0.39 is 5.97 Å². The normalized spacial score (nSPS) is 17.9. The first-order chi connectivity index (χ1) is 8.16. The van der Waals surface area contributed by atoms with Gasteiger partial charge >= 0.3 is 5.97 Å². The van der Waals surface area contributed by atoms with E-state index in [1.807, 2.05) is 5.01 Å². The van der Waals surface area contributed by atoms with Crippen LogP contribution in [0, 0.1) is 0 Å². The summed E-state index contributed by atoms with van der Waals surface area (Å²) in [5, 5.41) is 18.5. The molecule has 2 rings (SSSR count). The number of aromatic carboxylic acids is 1. The van der Waals surface area contributed by atoms with Crippen molar-refractivity contribution in [3.63, 3.8) is 0 Å². The Morgan fingerprint density at radius 3 is 2.76 bits per heavy atom. The first kappa shape index (κ1) is 11.7. The van der Waals surface area contributed by atoms with Crippen LogP contribution in [0.15, 0.2) is 12.3 Å². The molecule has 1 aromatic rings. The van der Waals surface area contributed by atoms with Crippen molar-refractivity contribution in [2.24, 2.45) is 0 Å². The van der Waals surface area contributed by atoms with Gasteiger partial charge in [0.1, 0.15) is 5.56 Å². The number of hydrogen-bond donors (Lipinski definition) is 2. The van der Waals surface area contributed by atoms with Crippen molar-refractivity contribution in [2.75, 3.05) is 38.7 Å². The maximum absolute atomic E-state index is 11.0. The Morgan fingerprint density at radius 1 is 1.41 bits per heavy atom. The lowest BCUT2D eigenvalue weighted by Crippen LogP contribution is -2.47. The van der Waals surface area contributed by atoms with E-state index in [1.54, 1.807) is 0 Å². The van der Waals surface area contributed by atoms with E-state index in [4.69, 9.17) is 5.11 Å². The maximum Gasteiger partial charge on any atom is 0.339 e. The molecular formula is C10H15N5O2. The van der Waals surface area contributed by atoms with Gasteiger partial charge in [0.15, 0.2) is 5.82 Å². The van der Waals surface area contributed by atoms with Crippen LogP contribution < -0.4 is 5.43 Å². The van der Waals surface area contributed by atoms with E-state index in [0.717, 1.165) is 26.2 Å². The average molecular weight is 237 g/mol.